The minimum Gasteiger partial charge on any atom is -0.497 e. The molecule has 1 aliphatic rings. The van der Waals surface area contributed by atoms with Gasteiger partial charge in [-0.15, -0.1) is 0 Å². The van der Waals surface area contributed by atoms with Crippen LogP contribution >= 0.6 is 0 Å². The SMILES string of the molecule is COc1cccc(N2C(=O)c3ccccc3NC2c2cccc(OC)c2OC)c1. The maximum absolute atomic E-state index is 13.5. The second kappa shape index (κ2) is 7.75. The van der Waals surface area contributed by atoms with E-state index in [2.05, 4.69) is 5.32 Å². The number of rotatable bonds is 5. The quantitative estimate of drug-likeness (QED) is 0.696. The topological polar surface area (TPSA) is 60.0 Å². The lowest BCUT2D eigenvalue weighted by Gasteiger charge is -2.38. The highest BCUT2D eigenvalue weighted by molar-refractivity contribution is 6.12. The number of fused-ring (bicyclic) bond motifs is 1. The number of methoxy groups -OCH3 is 3. The third-order valence-electron chi connectivity index (χ3n) is 4.99. The zero-order chi connectivity index (χ0) is 20.4. The van der Waals surface area contributed by atoms with Crippen molar-refractivity contribution in [2.45, 2.75) is 6.17 Å². The Bertz CT molecular complexity index is 1050. The van der Waals surface area contributed by atoms with Crippen LogP contribution in [0.15, 0.2) is 66.7 Å². The number of hydrogen-bond donors (Lipinski definition) is 1. The van der Waals surface area contributed by atoms with Crippen molar-refractivity contribution < 1.29 is 19.0 Å². The van der Waals surface area contributed by atoms with E-state index in [4.69, 9.17) is 14.2 Å². The second-order valence-corrected chi connectivity index (χ2v) is 6.55. The molecule has 1 aliphatic heterocycles. The molecule has 1 unspecified atom stereocenters. The normalized spacial score (nSPS) is 15.3. The summed E-state index contributed by atoms with van der Waals surface area (Å²) in [6.07, 6.45) is -0.491. The van der Waals surface area contributed by atoms with Crippen LogP contribution in [-0.4, -0.2) is 27.2 Å². The van der Waals surface area contributed by atoms with Gasteiger partial charge in [0.1, 0.15) is 11.9 Å². The van der Waals surface area contributed by atoms with E-state index in [0.717, 1.165) is 11.3 Å². The molecule has 0 saturated carbocycles. The molecule has 1 N–H and O–H groups in total. The molecule has 0 aromatic heterocycles. The maximum atomic E-state index is 13.5. The zero-order valence-electron chi connectivity index (χ0n) is 16.5. The van der Waals surface area contributed by atoms with Crippen molar-refractivity contribution in [1.82, 2.24) is 0 Å². The van der Waals surface area contributed by atoms with Gasteiger partial charge in [-0.25, -0.2) is 0 Å². The van der Waals surface area contributed by atoms with E-state index >= 15 is 0 Å². The maximum Gasteiger partial charge on any atom is 0.262 e. The van der Waals surface area contributed by atoms with Crippen molar-refractivity contribution in [3.63, 3.8) is 0 Å². The van der Waals surface area contributed by atoms with Gasteiger partial charge in [-0.3, -0.25) is 9.69 Å². The van der Waals surface area contributed by atoms with Crippen LogP contribution in [0, 0.1) is 0 Å². The molecule has 1 atom stereocenters. The van der Waals surface area contributed by atoms with Gasteiger partial charge in [0, 0.05) is 17.3 Å². The number of benzene rings is 3. The second-order valence-electron chi connectivity index (χ2n) is 6.55. The fourth-order valence-electron chi connectivity index (χ4n) is 3.63. The number of nitrogens with one attached hydrogen (secondary N) is 1. The summed E-state index contributed by atoms with van der Waals surface area (Å²) in [5.74, 6) is 1.74. The molecule has 0 spiro atoms. The molecule has 6 heteroatoms. The molecule has 0 saturated heterocycles. The number of ether oxygens (including phenoxy) is 3. The van der Waals surface area contributed by atoms with Crippen LogP contribution in [0.1, 0.15) is 22.1 Å². The first-order valence-corrected chi connectivity index (χ1v) is 9.22. The van der Waals surface area contributed by atoms with Crippen molar-refractivity contribution in [3.8, 4) is 17.2 Å². The molecule has 6 nitrogen and oxygen atoms in total. The first-order chi connectivity index (χ1) is 14.2. The van der Waals surface area contributed by atoms with Gasteiger partial charge >= 0.3 is 0 Å². The Morgan fingerprint density at radius 1 is 0.862 bits per heavy atom. The van der Waals surface area contributed by atoms with E-state index in [1.807, 2.05) is 66.7 Å². The predicted molar refractivity (Wildman–Crippen MR) is 112 cm³/mol. The molecular formula is C23H22N2O4. The Hall–Kier alpha value is -3.67. The third-order valence-corrected chi connectivity index (χ3v) is 4.99. The molecule has 0 bridgehead atoms. The van der Waals surface area contributed by atoms with E-state index in [1.165, 1.54) is 0 Å². The Morgan fingerprint density at radius 3 is 2.41 bits per heavy atom. The number of carbonyl (C=O) groups excluding carboxylic acids is 1. The summed E-state index contributed by atoms with van der Waals surface area (Å²) in [5, 5.41) is 3.48. The number of hydrogen-bond acceptors (Lipinski definition) is 5. The van der Waals surface area contributed by atoms with E-state index in [1.54, 1.807) is 26.2 Å². The largest absolute Gasteiger partial charge is 0.497 e. The van der Waals surface area contributed by atoms with Crippen LogP contribution in [0.5, 0.6) is 17.2 Å². The highest BCUT2D eigenvalue weighted by Gasteiger charge is 2.36. The van der Waals surface area contributed by atoms with Crippen LogP contribution in [0.4, 0.5) is 11.4 Å². The van der Waals surface area contributed by atoms with Crippen LogP contribution in [0.3, 0.4) is 0 Å². The van der Waals surface area contributed by atoms with Crippen molar-refractivity contribution in [2.75, 3.05) is 31.5 Å². The van der Waals surface area contributed by atoms with Gasteiger partial charge in [0.05, 0.1) is 32.6 Å². The highest BCUT2D eigenvalue weighted by atomic mass is 16.5. The number of para-hydroxylation sites is 2. The number of nitrogens with zero attached hydrogens (tertiary/aromatic N) is 1. The van der Waals surface area contributed by atoms with Crippen LogP contribution in [0.25, 0.3) is 0 Å². The molecule has 0 aliphatic carbocycles. The van der Waals surface area contributed by atoms with Crippen molar-refractivity contribution in [1.29, 1.82) is 0 Å². The molecule has 4 rings (SSSR count). The molecule has 1 heterocycles. The predicted octanol–water partition coefficient (Wildman–Crippen LogP) is 4.48. The summed E-state index contributed by atoms with van der Waals surface area (Å²) in [6.45, 7) is 0. The number of carbonyl (C=O) groups is 1. The molecule has 29 heavy (non-hydrogen) atoms. The lowest BCUT2D eigenvalue weighted by atomic mass is 10.0. The van der Waals surface area contributed by atoms with Crippen molar-refractivity contribution in [3.05, 3.63) is 77.9 Å². The number of anilines is 2. The molecule has 0 fully saturated rings. The lowest BCUT2D eigenvalue weighted by Crippen LogP contribution is -2.43. The van der Waals surface area contributed by atoms with Gasteiger partial charge in [0.15, 0.2) is 11.5 Å². The van der Waals surface area contributed by atoms with Crippen LogP contribution in [0.2, 0.25) is 0 Å². The summed E-state index contributed by atoms with van der Waals surface area (Å²) in [5.41, 5.74) is 2.88. The molecule has 3 aromatic carbocycles. The molecular weight excluding hydrogens is 368 g/mol. The Kier molecular flexibility index (Phi) is 4.99. The Labute approximate surface area is 169 Å². The highest BCUT2D eigenvalue weighted by Crippen LogP contribution is 2.42. The summed E-state index contributed by atoms with van der Waals surface area (Å²) < 4.78 is 16.5. The first kappa shape index (κ1) is 18.7. The van der Waals surface area contributed by atoms with E-state index in [0.29, 0.717) is 28.5 Å². The van der Waals surface area contributed by atoms with Gasteiger partial charge < -0.3 is 19.5 Å². The third kappa shape index (κ3) is 3.23. The fourth-order valence-corrected chi connectivity index (χ4v) is 3.63. The van der Waals surface area contributed by atoms with Gasteiger partial charge in [0.2, 0.25) is 0 Å². The summed E-state index contributed by atoms with van der Waals surface area (Å²) in [4.78, 5) is 15.2. The average molecular weight is 390 g/mol. The minimum absolute atomic E-state index is 0.109. The van der Waals surface area contributed by atoms with Crippen molar-refractivity contribution >= 4 is 17.3 Å². The Balaban J connectivity index is 1.91. The molecule has 148 valence electrons. The monoisotopic (exact) mass is 390 g/mol. The van der Waals surface area contributed by atoms with E-state index in [-0.39, 0.29) is 5.91 Å². The zero-order valence-corrected chi connectivity index (χ0v) is 16.5. The Morgan fingerprint density at radius 2 is 1.66 bits per heavy atom. The van der Waals surface area contributed by atoms with E-state index in [9.17, 15) is 4.79 Å². The average Bonchev–Trinajstić information content (AvgIpc) is 2.78. The van der Waals surface area contributed by atoms with Gasteiger partial charge in [0.25, 0.3) is 5.91 Å². The molecule has 1 amide bonds. The van der Waals surface area contributed by atoms with Crippen LogP contribution < -0.4 is 24.4 Å². The van der Waals surface area contributed by atoms with E-state index < -0.39 is 6.17 Å². The molecule has 3 aromatic rings. The smallest absolute Gasteiger partial charge is 0.262 e. The minimum atomic E-state index is -0.491. The summed E-state index contributed by atoms with van der Waals surface area (Å²) in [6, 6.07) is 20.5. The summed E-state index contributed by atoms with van der Waals surface area (Å²) >= 11 is 0. The number of amides is 1. The van der Waals surface area contributed by atoms with Crippen LogP contribution in [-0.2, 0) is 0 Å². The lowest BCUT2D eigenvalue weighted by molar-refractivity contribution is 0.0974. The van der Waals surface area contributed by atoms with Gasteiger partial charge in [-0.2, -0.15) is 0 Å². The standard InChI is InChI=1S/C23H22N2O4/c1-27-16-9-6-8-15(14-16)25-22(18-11-7-13-20(28-2)21(18)29-3)24-19-12-5-4-10-17(19)23(25)26/h4-14,22,24H,1-3H3. The van der Waals surface area contributed by atoms with Gasteiger partial charge in [-0.1, -0.05) is 30.3 Å². The fraction of sp³-hybridized carbons (Fsp3) is 0.174. The molecule has 0 radical (unpaired) electrons. The van der Waals surface area contributed by atoms with Crippen molar-refractivity contribution in [2.24, 2.45) is 0 Å². The summed E-state index contributed by atoms with van der Waals surface area (Å²) in [7, 11) is 4.79. The van der Waals surface area contributed by atoms with Gasteiger partial charge in [-0.05, 0) is 30.3 Å². The first-order valence-electron chi connectivity index (χ1n) is 9.22.